The van der Waals surface area contributed by atoms with Gasteiger partial charge in [0.25, 0.3) is 5.91 Å². The average molecular weight is 498 g/mol. The molecular weight excluding hydrogens is 477 g/mol. The Bertz CT molecular complexity index is 1350. The zero-order valence-corrected chi connectivity index (χ0v) is 19.7. The Morgan fingerprint density at radius 3 is 2.62 bits per heavy atom. The molecular formula is C25H21Cl2N3O4. The number of amides is 3. The molecule has 3 N–H and O–H groups in total. The number of pyridine rings is 1. The van der Waals surface area contributed by atoms with Crippen LogP contribution in [0.4, 0.5) is 4.79 Å². The van der Waals surface area contributed by atoms with Crippen molar-refractivity contribution in [3.05, 3.63) is 74.9 Å². The summed E-state index contributed by atoms with van der Waals surface area (Å²) in [6.45, 7) is 1.38. The number of urea groups is 1. The van der Waals surface area contributed by atoms with Crippen LogP contribution < -0.4 is 11.1 Å². The first-order valence-corrected chi connectivity index (χ1v) is 11.4. The number of halogens is 2. The van der Waals surface area contributed by atoms with E-state index < -0.39 is 24.0 Å². The summed E-state index contributed by atoms with van der Waals surface area (Å²) in [7, 11) is 0. The molecule has 1 aliphatic rings. The molecule has 0 aliphatic heterocycles. The van der Waals surface area contributed by atoms with Crippen molar-refractivity contribution in [1.82, 2.24) is 10.3 Å². The molecule has 0 saturated carbocycles. The first kappa shape index (κ1) is 23.7. The highest BCUT2D eigenvalue weighted by molar-refractivity contribution is 6.42. The van der Waals surface area contributed by atoms with Crippen LogP contribution in [0.2, 0.25) is 10.0 Å². The molecule has 0 fully saturated rings. The van der Waals surface area contributed by atoms with Crippen molar-refractivity contribution in [3.63, 3.8) is 0 Å². The van der Waals surface area contributed by atoms with E-state index >= 15 is 0 Å². The normalized spacial score (nSPS) is 15.0. The number of fused-ring (bicyclic) bond motifs is 2. The van der Waals surface area contributed by atoms with Crippen molar-refractivity contribution in [2.24, 2.45) is 5.73 Å². The minimum atomic E-state index is -1.21. The van der Waals surface area contributed by atoms with Gasteiger partial charge in [-0.25, -0.2) is 14.6 Å². The van der Waals surface area contributed by atoms with E-state index in [0.29, 0.717) is 38.6 Å². The highest BCUT2D eigenvalue weighted by atomic mass is 35.5. The Labute approximate surface area is 205 Å². The summed E-state index contributed by atoms with van der Waals surface area (Å²) in [6.07, 6.45) is 2.97. The van der Waals surface area contributed by atoms with Gasteiger partial charge < -0.3 is 10.5 Å². The average Bonchev–Trinajstić information content (AvgIpc) is 2.79. The Balaban J connectivity index is 1.80. The van der Waals surface area contributed by atoms with E-state index in [4.69, 9.17) is 38.7 Å². The second-order valence-electron chi connectivity index (χ2n) is 7.93. The van der Waals surface area contributed by atoms with Gasteiger partial charge in [0.2, 0.25) is 0 Å². The molecule has 1 heterocycles. The van der Waals surface area contributed by atoms with Crippen molar-refractivity contribution >= 4 is 63.7 Å². The van der Waals surface area contributed by atoms with Crippen molar-refractivity contribution in [3.8, 4) is 0 Å². The second-order valence-corrected chi connectivity index (χ2v) is 8.74. The van der Waals surface area contributed by atoms with Crippen LogP contribution in [0.3, 0.4) is 0 Å². The number of rotatable bonds is 4. The number of esters is 1. The van der Waals surface area contributed by atoms with Gasteiger partial charge >= 0.3 is 12.0 Å². The monoisotopic (exact) mass is 497 g/mol. The predicted molar refractivity (Wildman–Crippen MR) is 132 cm³/mol. The summed E-state index contributed by atoms with van der Waals surface area (Å²) in [5, 5.41) is 3.47. The maximum Gasteiger partial charge on any atom is 0.339 e. The van der Waals surface area contributed by atoms with Crippen LogP contribution in [0, 0.1) is 0 Å². The lowest BCUT2D eigenvalue weighted by Gasteiger charge is -2.23. The molecule has 0 radical (unpaired) electrons. The molecule has 1 unspecified atom stereocenters. The molecule has 2 aromatic carbocycles. The summed E-state index contributed by atoms with van der Waals surface area (Å²) in [5.74, 6) is -1.47. The number of nitrogens with two attached hydrogens (primary N) is 1. The molecule has 0 spiro atoms. The van der Waals surface area contributed by atoms with Crippen LogP contribution >= 0.6 is 23.2 Å². The number of imide groups is 1. The molecule has 0 saturated heterocycles. The maximum absolute atomic E-state index is 13.3. The Hall–Kier alpha value is -3.42. The standard InChI is InChI=1S/C25H21Cl2N3O4/c1-13(23(31)30-25(28)33)34-24(32)21-16-6-2-3-8-20(16)29-22-15(5-4-7-17(21)22)11-14-9-10-18(26)19(27)12-14/h2-3,6,8-13H,4-5,7H2,1H3,(H3,28,30,31,33). The van der Waals surface area contributed by atoms with Gasteiger partial charge in [-0.15, -0.1) is 0 Å². The number of ether oxygens (including phenoxy) is 1. The molecule has 174 valence electrons. The van der Waals surface area contributed by atoms with Gasteiger partial charge in [0, 0.05) is 5.39 Å². The zero-order chi connectivity index (χ0) is 24.4. The minimum absolute atomic E-state index is 0.360. The summed E-state index contributed by atoms with van der Waals surface area (Å²) in [6, 6.07) is 11.6. The van der Waals surface area contributed by atoms with Crippen LogP contribution in [0.15, 0.2) is 42.5 Å². The lowest BCUT2D eigenvalue weighted by atomic mass is 9.86. The van der Waals surface area contributed by atoms with E-state index in [1.807, 2.05) is 35.7 Å². The number of carbonyl (C=O) groups excluding carboxylic acids is 3. The molecule has 1 atom stereocenters. The van der Waals surface area contributed by atoms with E-state index in [1.165, 1.54) is 6.92 Å². The molecule has 3 aromatic rings. The molecule has 34 heavy (non-hydrogen) atoms. The van der Waals surface area contributed by atoms with Gasteiger partial charge in [-0.1, -0.05) is 47.5 Å². The smallest absolute Gasteiger partial charge is 0.339 e. The second kappa shape index (κ2) is 9.83. The third-order valence-corrected chi connectivity index (χ3v) is 6.30. The largest absolute Gasteiger partial charge is 0.449 e. The van der Waals surface area contributed by atoms with Gasteiger partial charge in [0.1, 0.15) is 0 Å². The lowest BCUT2D eigenvalue weighted by molar-refractivity contribution is -0.127. The zero-order valence-electron chi connectivity index (χ0n) is 18.2. The summed E-state index contributed by atoms with van der Waals surface area (Å²) < 4.78 is 5.42. The first-order valence-electron chi connectivity index (χ1n) is 10.6. The summed E-state index contributed by atoms with van der Waals surface area (Å²) >= 11 is 12.2. The first-order chi connectivity index (χ1) is 16.2. The lowest BCUT2D eigenvalue weighted by Crippen LogP contribution is -2.42. The minimum Gasteiger partial charge on any atom is -0.449 e. The molecule has 4 rings (SSSR count). The number of carbonyl (C=O) groups is 3. The van der Waals surface area contributed by atoms with Crippen molar-refractivity contribution in [1.29, 1.82) is 0 Å². The summed E-state index contributed by atoms with van der Waals surface area (Å²) in [4.78, 5) is 41.2. The fraction of sp³-hybridized carbons (Fsp3) is 0.200. The molecule has 0 bridgehead atoms. The van der Waals surface area contributed by atoms with Crippen LogP contribution in [0.25, 0.3) is 22.6 Å². The van der Waals surface area contributed by atoms with Gasteiger partial charge in [0.05, 0.1) is 26.8 Å². The Morgan fingerprint density at radius 1 is 1.12 bits per heavy atom. The molecule has 3 amide bonds. The fourth-order valence-electron chi connectivity index (χ4n) is 4.01. The van der Waals surface area contributed by atoms with E-state index in [2.05, 4.69) is 0 Å². The Morgan fingerprint density at radius 2 is 1.88 bits per heavy atom. The number of aromatic nitrogens is 1. The van der Waals surface area contributed by atoms with Crippen molar-refractivity contribution < 1.29 is 19.1 Å². The van der Waals surface area contributed by atoms with E-state index in [9.17, 15) is 14.4 Å². The van der Waals surface area contributed by atoms with E-state index in [0.717, 1.165) is 29.5 Å². The topological polar surface area (TPSA) is 111 Å². The Kier molecular flexibility index (Phi) is 6.86. The highest BCUT2D eigenvalue weighted by Gasteiger charge is 2.28. The van der Waals surface area contributed by atoms with Gasteiger partial charge in [-0.05, 0) is 67.2 Å². The fourth-order valence-corrected chi connectivity index (χ4v) is 4.31. The number of benzene rings is 2. The molecule has 1 aromatic heterocycles. The van der Waals surface area contributed by atoms with Crippen LogP contribution in [-0.2, 0) is 16.0 Å². The van der Waals surface area contributed by atoms with Crippen molar-refractivity contribution in [2.75, 3.05) is 0 Å². The molecule has 9 heteroatoms. The number of allylic oxidation sites excluding steroid dienone is 1. The SMILES string of the molecule is CC(OC(=O)c1c2c(nc3ccccc13)C(=Cc1ccc(Cl)c(Cl)c1)CCC2)C(=O)NC(N)=O. The van der Waals surface area contributed by atoms with E-state index in [1.54, 1.807) is 18.2 Å². The van der Waals surface area contributed by atoms with Crippen LogP contribution in [0.5, 0.6) is 0 Å². The molecule has 1 aliphatic carbocycles. The molecule has 7 nitrogen and oxygen atoms in total. The van der Waals surface area contributed by atoms with Crippen LogP contribution in [-0.4, -0.2) is 29.0 Å². The number of nitrogens with one attached hydrogen (secondary N) is 1. The third-order valence-electron chi connectivity index (χ3n) is 5.56. The third kappa shape index (κ3) is 4.90. The van der Waals surface area contributed by atoms with E-state index in [-0.39, 0.29) is 0 Å². The summed E-state index contributed by atoms with van der Waals surface area (Å²) in [5.41, 5.74) is 9.27. The van der Waals surface area contributed by atoms with Gasteiger partial charge in [-0.2, -0.15) is 0 Å². The van der Waals surface area contributed by atoms with Crippen LogP contribution in [0.1, 0.15) is 46.9 Å². The number of nitrogens with zero attached hydrogens (tertiary/aromatic N) is 1. The predicted octanol–water partition coefficient (Wildman–Crippen LogP) is 5.16. The number of hydrogen-bond acceptors (Lipinski definition) is 5. The number of para-hydroxylation sites is 1. The highest BCUT2D eigenvalue weighted by Crippen LogP contribution is 2.37. The number of primary amides is 1. The quantitative estimate of drug-likeness (QED) is 0.483. The number of hydrogen-bond donors (Lipinski definition) is 2. The van der Waals surface area contributed by atoms with Gasteiger partial charge in [-0.3, -0.25) is 10.1 Å². The van der Waals surface area contributed by atoms with Gasteiger partial charge in [0.15, 0.2) is 6.10 Å². The maximum atomic E-state index is 13.3. The van der Waals surface area contributed by atoms with Crippen molar-refractivity contribution in [2.45, 2.75) is 32.3 Å².